The van der Waals surface area contributed by atoms with E-state index in [9.17, 15) is 13.8 Å². The molecule has 0 bridgehead atoms. The monoisotopic (exact) mass is 261 g/mol. The minimum absolute atomic E-state index is 0.250. The van der Waals surface area contributed by atoms with Gasteiger partial charge < -0.3 is 15.5 Å². The van der Waals surface area contributed by atoms with E-state index in [1.807, 2.05) is 0 Å². The Labute approximate surface area is 104 Å². The maximum atomic E-state index is 11.7. The third-order valence-corrected chi connectivity index (χ3v) is 3.43. The molecule has 1 fully saturated rings. The van der Waals surface area contributed by atoms with Crippen LogP contribution < -0.4 is 10.6 Å². The summed E-state index contributed by atoms with van der Waals surface area (Å²) in [5, 5.41) is 5.67. The summed E-state index contributed by atoms with van der Waals surface area (Å²) in [6.07, 6.45) is 1.57. The first kappa shape index (κ1) is 14.1. The molecule has 1 aliphatic rings. The summed E-state index contributed by atoms with van der Waals surface area (Å²) in [7, 11) is -0.980. The first-order valence-corrected chi connectivity index (χ1v) is 7.34. The van der Waals surface area contributed by atoms with Crippen LogP contribution in [0.2, 0.25) is 0 Å². The number of hydrogen-bond donors (Lipinski definition) is 2. The topological polar surface area (TPSA) is 78.5 Å². The zero-order valence-electron chi connectivity index (χ0n) is 10.2. The van der Waals surface area contributed by atoms with E-state index in [1.165, 1.54) is 4.90 Å². The summed E-state index contributed by atoms with van der Waals surface area (Å²) >= 11 is 0. The molecule has 0 aromatic rings. The van der Waals surface area contributed by atoms with Gasteiger partial charge in [-0.25, -0.2) is 0 Å². The summed E-state index contributed by atoms with van der Waals surface area (Å²) in [4.78, 5) is 24.9. The quantitative estimate of drug-likeness (QED) is 0.594. The lowest BCUT2D eigenvalue weighted by Gasteiger charge is -2.27. The van der Waals surface area contributed by atoms with Crippen molar-refractivity contribution in [3.05, 3.63) is 0 Å². The van der Waals surface area contributed by atoms with Gasteiger partial charge in [0.15, 0.2) is 0 Å². The van der Waals surface area contributed by atoms with Crippen LogP contribution in [-0.2, 0) is 20.4 Å². The predicted octanol–water partition coefficient (Wildman–Crippen LogP) is -1.70. The Hall–Kier alpha value is -0.950. The second-order valence-electron chi connectivity index (χ2n) is 4.16. The highest BCUT2D eigenvalue weighted by Gasteiger charge is 2.24. The molecule has 17 heavy (non-hydrogen) atoms. The Kier molecular flexibility index (Phi) is 5.57. The summed E-state index contributed by atoms with van der Waals surface area (Å²) in [6.45, 7) is 4.28. The second-order valence-corrected chi connectivity index (χ2v) is 5.64. The van der Waals surface area contributed by atoms with E-state index in [0.717, 1.165) is 0 Å². The summed E-state index contributed by atoms with van der Waals surface area (Å²) in [5.41, 5.74) is 0. The molecule has 0 aliphatic carbocycles. The molecule has 0 saturated carbocycles. The zero-order valence-corrected chi connectivity index (χ0v) is 11.0. The minimum Gasteiger partial charge on any atom is -0.344 e. The Morgan fingerprint density at radius 2 is 2.00 bits per heavy atom. The maximum absolute atomic E-state index is 11.7. The molecule has 2 amide bonds. The van der Waals surface area contributed by atoms with Gasteiger partial charge >= 0.3 is 11.8 Å². The van der Waals surface area contributed by atoms with Crippen LogP contribution in [0.25, 0.3) is 0 Å². The van der Waals surface area contributed by atoms with Gasteiger partial charge in [-0.2, -0.15) is 0 Å². The molecule has 6 nitrogen and oxygen atoms in total. The second kappa shape index (κ2) is 6.70. The average Bonchev–Trinajstić information content (AvgIpc) is 2.28. The number of rotatable bonds is 3. The van der Waals surface area contributed by atoms with Crippen molar-refractivity contribution < 1.29 is 13.8 Å². The Balaban J connectivity index is 2.40. The van der Waals surface area contributed by atoms with Gasteiger partial charge in [-0.15, -0.1) is 0 Å². The predicted molar refractivity (Wildman–Crippen MR) is 66.0 cm³/mol. The van der Waals surface area contributed by atoms with E-state index in [1.54, 1.807) is 13.2 Å². The molecule has 1 rings (SSSR count). The van der Waals surface area contributed by atoms with Crippen LogP contribution in [-0.4, -0.2) is 65.2 Å². The van der Waals surface area contributed by atoms with Crippen molar-refractivity contribution in [2.24, 2.45) is 0 Å². The summed E-state index contributed by atoms with van der Waals surface area (Å²) in [5.74, 6) is -0.745. The van der Waals surface area contributed by atoms with Crippen LogP contribution in [0.15, 0.2) is 0 Å². The number of hydrogen-bond acceptors (Lipinski definition) is 4. The van der Waals surface area contributed by atoms with Gasteiger partial charge in [-0.3, -0.25) is 13.8 Å². The fraction of sp³-hybridized carbons (Fsp3) is 0.800. The number of nitrogens with zero attached hydrogens (tertiary/aromatic N) is 1. The van der Waals surface area contributed by atoms with Gasteiger partial charge in [-0.05, 0) is 6.92 Å². The van der Waals surface area contributed by atoms with Crippen molar-refractivity contribution >= 4 is 22.6 Å². The molecule has 2 atom stereocenters. The lowest BCUT2D eigenvalue weighted by molar-refractivity contribution is -0.146. The van der Waals surface area contributed by atoms with Crippen LogP contribution in [0.3, 0.4) is 0 Å². The van der Waals surface area contributed by atoms with Crippen molar-refractivity contribution in [1.29, 1.82) is 0 Å². The smallest absolute Gasteiger partial charge is 0.311 e. The molecular formula is C10H19N3O3S. The summed E-state index contributed by atoms with van der Waals surface area (Å²) in [6, 6.07) is -0.250. The van der Waals surface area contributed by atoms with E-state index in [2.05, 4.69) is 10.6 Å². The number of amides is 2. The van der Waals surface area contributed by atoms with Crippen LogP contribution >= 0.6 is 0 Å². The molecule has 7 heteroatoms. The van der Waals surface area contributed by atoms with Gasteiger partial charge in [0.1, 0.15) is 0 Å². The molecule has 1 heterocycles. The number of carbonyl (C=O) groups is 2. The third kappa shape index (κ3) is 4.82. The largest absolute Gasteiger partial charge is 0.344 e. The lowest BCUT2D eigenvalue weighted by atomic mass is 10.3. The average molecular weight is 261 g/mol. The fourth-order valence-corrected chi connectivity index (χ4v) is 2.48. The molecule has 0 radical (unpaired) electrons. The van der Waals surface area contributed by atoms with Gasteiger partial charge in [0.2, 0.25) is 0 Å². The van der Waals surface area contributed by atoms with Gasteiger partial charge in [-0.1, -0.05) is 0 Å². The summed E-state index contributed by atoms with van der Waals surface area (Å²) < 4.78 is 11.0. The van der Waals surface area contributed by atoms with Crippen molar-refractivity contribution in [1.82, 2.24) is 15.5 Å². The van der Waals surface area contributed by atoms with Crippen molar-refractivity contribution in [2.75, 3.05) is 38.2 Å². The van der Waals surface area contributed by atoms with E-state index < -0.39 is 22.6 Å². The lowest BCUT2D eigenvalue weighted by Crippen LogP contribution is -2.52. The molecule has 0 spiro atoms. The van der Waals surface area contributed by atoms with Gasteiger partial charge in [0.25, 0.3) is 0 Å². The Morgan fingerprint density at radius 3 is 2.53 bits per heavy atom. The highest BCUT2D eigenvalue weighted by atomic mass is 32.2. The minimum atomic E-state index is -0.980. The molecule has 0 aromatic carbocycles. The molecule has 98 valence electrons. The highest BCUT2D eigenvalue weighted by molar-refractivity contribution is 7.84. The highest BCUT2D eigenvalue weighted by Crippen LogP contribution is 1.94. The SMILES string of the molecule is CC(CS(C)=O)NC(=O)C(=O)N1CCNCC1. The van der Waals surface area contributed by atoms with E-state index in [4.69, 9.17) is 0 Å². The third-order valence-electron chi connectivity index (χ3n) is 2.46. The van der Waals surface area contributed by atoms with E-state index in [-0.39, 0.29) is 6.04 Å². The van der Waals surface area contributed by atoms with Crippen molar-refractivity contribution in [3.63, 3.8) is 0 Å². The van der Waals surface area contributed by atoms with Crippen molar-refractivity contribution in [2.45, 2.75) is 13.0 Å². The van der Waals surface area contributed by atoms with E-state index in [0.29, 0.717) is 31.9 Å². The van der Waals surface area contributed by atoms with Crippen LogP contribution in [0.4, 0.5) is 0 Å². The molecular weight excluding hydrogens is 242 g/mol. The maximum Gasteiger partial charge on any atom is 0.311 e. The molecule has 1 saturated heterocycles. The molecule has 1 aliphatic heterocycles. The van der Waals surface area contributed by atoms with Gasteiger partial charge in [0, 0.05) is 55.0 Å². The molecule has 2 unspecified atom stereocenters. The standard InChI is InChI=1S/C10H19N3O3S/c1-8(7-17(2)16)12-9(14)10(15)13-5-3-11-4-6-13/h8,11H,3-7H2,1-2H3,(H,12,14). The first-order chi connectivity index (χ1) is 8.00. The Bertz CT molecular complexity index is 316. The fourth-order valence-electron chi connectivity index (χ4n) is 1.69. The van der Waals surface area contributed by atoms with E-state index >= 15 is 0 Å². The molecule has 0 aromatic heterocycles. The number of piperazine rings is 1. The van der Waals surface area contributed by atoms with Crippen LogP contribution in [0, 0.1) is 0 Å². The molecule has 2 N–H and O–H groups in total. The van der Waals surface area contributed by atoms with Crippen molar-refractivity contribution in [3.8, 4) is 0 Å². The number of nitrogens with one attached hydrogen (secondary N) is 2. The van der Waals surface area contributed by atoms with Gasteiger partial charge in [0.05, 0.1) is 0 Å². The van der Waals surface area contributed by atoms with Crippen LogP contribution in [0.5, 0.6) is 0 Å². The normalized spacial score (nSPS) is 19.5. The Morgan fingerprint density at radius 1 is 1.41 bits per heavy atom. The zero-order chi connectivity index (χ0) is 12.8. The number of carbonyl (C=O) groups excluding carboxylic acids is 2. The van der Waals surface area contributed by atoms with Crippen LogP contribution in [0.1, 0.15) is 6.92 Å². The first-order valence-electron chi connectivity index (χ1n) is 5.61.